The maximum Gasteiger partial charge on any atom is 0.120 e. The van der Waals surface area contributed by atoms with Gasteiger partial charge in [0.1, 0.15) is 12.4 Å². The highest BCUT2D eigenvalue weighted by molar-refractivity contribution is 9.10. The topological polar surface area (TPSA) is 15.7 Å². The predicted molar refractivity (Wildman–Crippen MR) is 82.8 cm³/mol. The average molecular weight is 327 g/mol. The van der Waals surface area contributed by atoms with Crippen molar-refractivity contribution in [3.8, 4) is 5.75 Å². The van der Waals surface area contributed by atoms with Crippen LogP contribution in [0.1, 0.15) is 12.8 Å². The Bertz CT molecular complexity index is 397. The van der Waals surface area contributed by atoms with Crippen molar-refractivity contribution in [2.45, 2.75) is 18.9 Å². The molecule has 1 aromatic carbocycles. The van der Waals surface area contributed by atoms with Crippen molar-refractivity contribution in [2.24, 2.45) is 0 Å². The van der Waals surface area contributed by atoms with E-state index < -0.39 is 0 Å². The van der Waals surface area contributed by atoms with Crippen LogP contribution in [0.15, 0.2) is 28.7 Å². The van der Waals surface area contributed by atoms with Crippen molar-refractivity contribution in [1.82, 2.24) is 9.80 Å². The molecule has 1 aliphatic heterocycles. The van der Waals surface area contributed by atoms with E-state index in [9.17, 15) is 0 Å². The standard InChI is InChI=1S/C15H23BrN2O/c1-17(2)14-6-4-8-18(12-14)9-10-19-15-7-3-5-13(16)11-15/h3,5,7,11,14H,4,6,8-10,12H2,1-2H3. The van der Waals surface area contributed by atoms with Crippen LogP contribution in [0.3, 0.4) is 0 Å². The number of likely N-dealkylation sites (tertiary alicyclic amines) is 1. The van der Waals surface area contributed by atoms with E-state index >= 15 is 0 Å². The second-order valence-corrected chi connectivity index (χ2v) is 6.28. The number of hydrogen-bond acceptors (Lipinski definition) is 3. The van der Waals surface area contributed by atoms with E-state index in [2.05, 4.69) is 39.8 Å². The fourth-order valence-electron chi connectivity index (χ4n) is 2.51. The van der Waals surface area contributed by atoms with Crippen LogP contribution in [-0.4, -0.2) is 56.2 Å². The zero-order chi connectivity index (χ0) is 13.7. The second-order valence-electron chi connectivity index (χ2n) is 5.37. The molecule has 1 unspecified atom stereocenters. The van der Waals surface area contributed by atoms with Crippen LogP contribution in [0.4, 0.5) is 0 Å². The molecule has 1 aliphatic rings. The fourth-order valence-corrected chi connectivity index (χ4v) is 2.88. The van der Waals surface area contributed by atoms with Gasteiger partial charge in [-0.05, 0) is 51.7 Å². The predicted octanol–water partition coefficient (Wildman–Crippen LogP) is 2.85. The van der Waals surface area contributed by atoms with E-state index in [1.54, 1.807) is 0 Å². The van der Waals surface area contributed by atoms with Gasteiger partial charge in [-0.3, -0.25) is 4.90 Å². The third-order valence-corrected chi connectivity index (χ3v) is 4.18. The first-order valence-corrected chi connectivity index (χ1v) is 7.71. The van der Waals surface area contributed by atoms with E-state index in [-0.39, 0.29) is 0 Å². The van der Waals surface area contributed by atoms with Gasteiger partial charge in [0.2, 0.25) is 0 Å². The summed E-state index contributed by atoms with van der Waals surface area (Å²) in [5.74, 6) is 0.940. The molecule has 0 radical (unpaired) electrons. The molecule has 1 fully saturated rings. The largest absolute Gasteiger partial charge is 0.492 e. The molecule has 0 N–H and O–H groups in total. The molecule has 0 amide bonds. The normalized spacial score (nSPS) is 20.7. The lowest BCUT2D eigenvalue weighted by molar-refractivity contribution is 0.117. The number of likely N-dealkylation sites (N-methyl/N-ethyl adjacent to an activating group) is 1. The van der Waals surface area contributed by atoms with Crippen molar-refractivity contribution in [3.05, 3.63) is 28.7 Å². The summed E-state index contributed by atoms with van der Waals surface area (Å²) in [5.41, 5.74) is 0. The molecule has 1 atom stereocenters. The van der Waals surface area contributed by atoms with Gasteiger partial charge in [-0.1, -0.05) is 22.0 Å². The molecule has 1 aromatic rings. The minimum atomic E-state index is 0.694. The fraction of sp³-hybridized carbons (Fsp3) is 0.600. The van der Waals surface area contributed by atoms with Crippen LogP contribution < -0.4 is 4.74 Å². The van der Waals surface area contributed by atoms with Crippen LogP contribution >= 0.6 is 15.9 Å². The Labute approximate surface area is 124 Å². The Hall–Kier alpha value is -0.580. The third kappa shape index (κ3) is 4.79. The third-order valence-electron chi connectivity index (χ3n) is 3.68. The van der Waals surface area contributed by atoms with Gasteiger partial charge in [-0.15, -0.1) is 0 Å². The summed E-state index contributed by atoms with van der Waals surface area (Å²) in [6.07, 6.45) is 2.61. The highest BCUT2D eigenvalue weighted by Crippen LogP contribution is 2.18. The molecule has 3 nitrogen and oxygen atoms in total. The van der Waals surface area contributed by atoms with Gasteiger partial charge >= 0.3 is 0 Å². The number of benzene rings is 1. The Balaban J connectivity index is 1.73. The van der Waals surface area contributed by atoms with Crippen LogP contribution in [0.25, 0.3) is 0 Å². The van der Waals surface area contributed by atoms with Gasteiger partial charge in [-0.25, -0.2) is 0 Å². The summed E-state index contributed by atoms with van der Waals surface area (Å²) in [6, 6.07) is 8.73. The minimum Gasteiger partial charge on any atom is -0.492 e. The molecule has 106 valence electrons. The van der Waals surface area contributed by atoms with Crippen LogP contribution in [-0.2, 0) is 0 Å². The maximum atomic E-state index is 5.80. The molecular weight excluding hydrogens is 304 g/mol. The lowest BCUT2D eigenvalue weighted by Gasteiger charge is -2.36. The van der Waals surface area contributed by atoms with E-state index in [1.807, 2.05) is 24.3 Å². The number of piperidine rings is 1. The molecule has 2 rings (SSSR count). The summed E-state index contributed by atoms with van der Waals surface area (Å²) in [4.78, 5) is 4.84. The summed E-state index contributed by atoms with van der Waals surface area (Å²) < 4.78 is 6.87. The Kier molecular flexibility index (Phi) is 5.67. The van der Waals surface area contributed by atoms with Crippen LogP contribution in [0.2, 0.25) is 0 Å². The van der Waals surface area contributed by atoms with E-state index in [1.165, 1.54) is 19.4 Å². The summed E-state index contributed by atoms with van der Waals surface area (Å²) in [7, 11) is 4.35. The van der Waals surface area contributed by atoms with Crippen molar-refractivity contribution < 1.29 is 4.74 Å². The Morgan fingerprint density at radius 1 is 1.42 bits per heavy atom. The summed E-state index contributed by atoms with van der Waals surface area (Å²) in [6.45, 7) is 4.13. The number of hydrogen-bond donors (Lipinski definition) is 0. The molecule has 4 heteroatoms. The molecule has 0 spiro atoms. The Morgan fingerprint density at radius 2 is 2.26 bits per heavy atom. The molecule has 1 saturated heterocycles. The minimum absolute atomic E-state index is 0.694. The average Bonchev–Trinajstić information content (AvgIpc) is 2.39. The van der Waals surface area contributed by atoms with Crippen molar-refractivity contribution in [2.75, 3.05) is 40.3 Å². The lowest BCUT2D eigenvalue weighted by Crippen LogP contribution is -2.46. The SMILES string of the molecule is CN(C)C1CCCN(CCOc2cccc(Br)c2)C1. The zero-order valence-electron chi connectivity index (χ0n) is 11.8. The van der Waals surface area contributed by atoms with Crippen LogP contribution in [0.5, 0.6) is 5.75 Å². The summed E-state index contributed by atoms with van der Waals surface area (Å²) >= 11 is 3.46. The molecular formula is C15H23BrN2O. The molecule has 19 heavy (non-hydrogen) atoms. The van der Waals surface area contributed by atoms with Gasteiger partial charge in [0.05, 0.1) is 0 Å². The highest BCUT2D eigenvalue weighted by Gasteiger charge is 2.20. The molecule has 0 aliphatic carbocycles. The van der Waals surface area contributed by atoms with Crippen molar-refractivity contribution in [1.29, 1.82) is 0 Å². The Morgan fingerprint density at radius 3 is 3.00 bits per heavy atom. The van der Waals surface area contributed by atoms with E-state index in [4.69, 9.17) is 4.74 Å². The summed E-state index contributed by atoms with van der Waals surface area (Å²) in [5, 5.41) is 0. The van der Waals surface area contributed by atoms with Gasteiger partial charge in [0.25, 0.3) is 0 Å². The quantitative estimate of drug-likeness (QED) is 0.827. The van der Waals surface area contributed by atoms with E-state index in [0.717, 1.165) is 29.9 Å². The molecule has 1 heterocycles. The highest BCUT2D eigenvalue weighted by atomic mass is 79.9. The number of halogens is 1. The molecule has 0 bridgehead atoms. The van der Waals surface area contributed by atoms with Crippen molar-refractivity contribution >= 4 is 15.9 Å². The first-order valence-electron chi connectivity index (χ1n) is 6.92. The number of nitrogens with zero attached hydrogens (tertiary/aromatic N) is 2. The molecule has 0 saturated carbocycles. The van der Waals surface area contributed by atoms with Gasteiger partial charge < -0.3 is 9.64 Å². The lowest BCUT2D eigenvalue weighted by atomic mass is 10.1. The first kappa shape index (κ1) is 14.8. The number of ether oxygens (including phenoxy) is 1. The maximum absolute atomic E-state index is 5.80. The second kappa shape index (κ2) is 7.27. The van der Waals surface area contributed by atoms with Gasteiger partial charge in [0.15, 0.2) is 0 Å². The smallest absolute Gasteiger partial charge is 0.120 e. The van der Waals surface area contributed by atoms with E-state index in [0.29, 0.717) is 6.04 Å². The van der Waals surface area contributed by atoms with Gasteiger partial charge in [-0.2, -0.15) is 0 Å². The van der Waals surface area contributed by atoms with Crippen LogP contribution in [0, 0.1) is 0 Å². The van der Waals surface area contributed by atoms with Gasteiger partial charge in [0, 0.05) is 23.6 Å². The molecule has 0 aromatic heterocycles. The van der Waals surface area contributed by atoms with Crippen molar-refractivity contribution in [3.63, 3.8) is 0 Å². The monoisotopic (exact) mass is 326 g/mol. The first-order chi connectivity index (χ1) is 9.15. The zero-order valence-corrected chi connectivity index (χ0v) is 13.4. The number of rotatable bonds is 5.